The van der Waals surface area contributed by atoms with Crippen LogP contribution in [0.5, 0.6) is 5.75 Å². The van der Waals surface area contributed by atoms with E-state index in [1.165, 1.54) is 0 Å². The Bertz CT molecular complexity index is 549. The number of benzene rings is 2. The number of ether oxygens (including phenoxy) is 1. The number of hydrogen-bond donors (Lipinski definition) is 1. The molecule has 1 atom stereocenters. The molecular formula is C17H19NO2. The summed E-state index contributed by atoms with van der Waals surface area (Å²) in [6.07, 6.45) is 0. The molecule has 0 spiro atoms. The number of amides is 1. The van der Waals surface area contributed by atoms with Crippen LogP contribution in [-0.4, -0.2) is 12.5 Å². The fourth-order valence-corrected chi connectivity index (χ4v) is 1.94. The van der Waals surface area contributed by atoms with Crippen molar-refractivity contribution in [2.75, 3.05) is 11.9 Å². The molecule has 0 saturated carbocycles. The van der Waals surface area contributed by atoms with E-state index in [0.29, 0.717) is 6.61 Å². The average molecular weight is 269 g/mol. The van der Waals surface area contributed by atoms with E-state index in [2.05, 4.69) is 5.32 Å². The number of carbonyl (C=O) groups is 1. The van der Waals surface area contributed by atoms with E-state index < -0.39 is 0 Å². The molecule has 2 aromatic carbocycles. The molecule has 2 rings (SSSR count). The van der Waals surface area contributed by atoms with Crippen molar-refractivity contribution in [3.63, 3.8) is 0 Å². The van der Waals surface area contributed by atoms with Gasteiger partial charge < -0.3 is 10.1 Å². The molecule has 3 nitrogen and oxygen atoms in total. The lowest BCUT2D eigenvalue weighted by atomic mass is 10.0. The van der Waals surface area contributed by atoms with Crippen molar-refractivity contribution in [1.82, 2.24) is 0 Å². The zero-order valence-electron chi connectivity index (χ0n) is 11.8. The van der Waals surface area contributed by atoms with Gasteiger partial charge in [0.05, 0.1) is 12.5 Å². The van der Waals surface area contributed by atoms with Crippen molar-refractivity contribution >= 4 is 11.6 Å². The largest absolute Gasteiger partial charge is 0.494 e. The lowest BCUT2D eigenvalue weighted by Gasteiger charge is -2.13. The summed E-state index contributed by atoms with van der Waals surface area (Å²) in [6.45, 7) is 4.48. The first-order chi connectivity index (χ1) is 9.70. The lowest BCUT2D eigenvalue weighted by Crippen LogP contribution is -2.18. The Balaban J connectivity index is 2.00. The van der Waals surface area contributed by atoms with Crippen LogP contribution in [0.2, 0.25) is 0 Å². The Morgan fingerprint density at radius 3 is 2.35 bits per heavy atom. The van der Waals surface area contributed by atoms with Crippen LogP contribution in [0.3, 0.4) is 0 Å². The van der Waals surface area contributed by atoms with E-state index in [9.17, 15) is 4.79 Å². The van der Waals surface area contributed by atoms with Crippen molar-refractivity contribution in [3.8, 4) is 5.75 Å². The van der Waals surface area contributed by atoms with Gasteiger partial charge in [-0.3, -0.25) is 4.79 Å². The van der Waals surface area contributed by atoms with Crippen LogP contribution in [0.4, 0.5) is 5.69 Å². The van der Waals surface area contributed by atoms with Crippen molar-refractivity contribution in [2.24, 2.45) is 0 Å². The number of rotatable bonds is 5. The van der Waals surface area contributed by atoms with Crippen LogP contribution in [-0.2, 0) is 4.79 Å². The minimum Gasteiger partial charge on any atom is -0.494 e. The fourth-order valence-electron chi connectivity index (χ4n) is 1.94. The van der Waals surface area contributed by atoms with Crippen LogP contribution < -0.4 is 10.1 Å². The highest BCUT2D eigenvalue weighted by molar-refractivity contribution is 5.95. The Labute approximate surface area is 119 Å². The summed E-state index contributed by atoms with van der Waals surface area (Å²) in [5, 5.41) is 2.91. The zero-order chi connectivity index (χ0) is 14.4. The molecule has 20 heavy (non-hydrogen) atoms. The molecule has 0 radical (unpaired) electrons. The van der Waals surface area contributed by atoms with Gasteiger partial charge in [-0.2, -0.15) is 0 Å². The van der Waals surface area contributed by atoms with Gasteiger partial charge >= 0.3 is 0 Å². The van der Waals surface area contributed by atoms with Crippen LogP contribution in [0.25, 0.3) is 0 Å². The monoisotopic (exact) mass is 269 g/mol. The van der Waals surface area contributed by atoms with E-state index in [-0.39, 0.29) is 11.8 Å². The lowest BCUT2D eigenvalue weighted by molar-refractivity contribution is -0.117. The predicted octanol–water partition coefficient (Wildman–Crippen LogP) is 3.83. The summed E-state index contributed by atoms with van der Waals surface area (Å²) in [7, 11) is 0. The summed E-state index contributed by atoms with van der Waals surface area (Å²) in [6, 6.07) is 17.2. The van der Waals surface area contributed by atoms with Crippen molar-refractivity contribution in [2.45, 2.75) is 19.8 Å². The second-order valence-corrected chi connectivity index (χ2v) is 4.58. The third-order valence-corrected chi connectivity index (χ3v) is 3.13. The quantitative estimate of drug-likeness (QED) is 0.896. The minimum atomic E-state index is -0.178. The smallest absolute Gasteiger partial charge is 0.231 e. The number of hydrogen-bond acceptors (Lipinski definition) is 2. The van der Waals surface area contributed by atoms with Gasteiger partial charge in [0.1, 0.15) is 5.75 Å². The molecule has 0 aromatic heterocycles. The van der Waals surface area contributed by atoms with Crippen LogP contribution in [0.15, 0.2) is 54.6 Å². The molecule has 1 N–H and O–H groups in total. The summed E-state index contributed by atoms with van der Waals surface area (Å²) >= 11 is 0. The van der Waals surface area contributed by atoms with Gasteiger partial charge in [0, 0.05) is 5.69 Å². The first kappa shape index (κ1) is 14.1. The first-order valence-corrected chi connectivity index (χ1v) is 6.79. The molecule has 0 aliphatic heterocycles. The fraction of sp³-hybridized carbons (Fsp3) is 0.235. The summed E-state index contributed by atoms with van der Waals surface area (Å²) in [5.74, 6) is 0.615. The SMILES string of the molecule is CCOc1ccc(NC(=O)[C@H](C)c2ccccc2)cc1. The van der Waals surface area contributed by atoms with E-state index in [0.717, 1.165) is 17.0 Å². The third kappa shape index (κ3) is 3.60. The molecule has 0 unspecified atom stereocenters. The zero-order valence-corrected chi connectivity index (χ0v) is 11.8. The average Bonchev–Trinajstić information content (AvgIpc) is 2.49. The standard InChI is InChI=1S/C17H19NO2/c1-3-20-16-11-9-15(10-12-16)18-17(19)13(2)14-7-5-4-6-8-14/h4-13H,3H2,1-2H3,(H,18,19)/t13-/m1/s1. The van der Waals surface area contributed by atoms with Crippen LogP contribution in [0, 0.1) is 0 Å². The van der Waals surface area contributed by atoms with E-state index >= 15 is 0 Å². The Morgan fingerprint density at radius 2 is 1.75 bits per heavy atom. The van der Waals surface area contributed by atoms with E-state index in [1.807, 2.05) is 68.4 Å². The second kappa shape index (κ2) is 6.75. The number of nitrogens with one attached hydrogen (secondary N) is 1. The highest BCUT2D eigenvalue weighted by Crippen LogP contribution is 2.19. The van der Waals surface area contributed by atoms with E-state index in [1.54, 1.807) is 0 Å². The molecular weight excluding hydrogens is 250 g/mol. The molecule has 0 heterocycles. The van der Waals surface area contributed by atoms with Gasteiger partial charge in [-0.1, -0.05) is 30.3 Å². The molecule has 0 fully saturated rings. The number of carbonyl (C=O) groups excluding carboxylic acids is 1. The minimum absolute atomic E-state index is 0.0136. The predicted molar refractivity (Wildman–Crippen MR) is 81.1 cm³/mol. The van der Waals surface area contributed by atoms with E-state index in [4.69, 9.17) is 4.74 Å². The van der Waals surface area contributed by atoms with Crippen molar-refractivity contribution in [1.29, 1.82) is 0 Å². The molecule has 3 heteroatoms. The molecule has 104 valence electrons. The second-order valence-electron chi connectivity index (χ2n) is 4.58. The van der Waals surface area contributed by atoms with Gasteiger partial charge in [-0.05, 0) is 43.7 Å². The van der Waals surface area contributed by atoms with Gasteiger partial charge in [0.2, 0.25) is 5.91 Å². The molecule has 0 aliphatic rings. The Hall–Kier alpha value is -2.29. The number of anilines is 1. The maximum atomic E-state index is 12.2. The van der Waals surface area contributed by atoms with Gasteiger partial charge in [-0.25, -0.2) is 0 Å². The molecule has 0 saturated heterocycles. The highest BCUT2D eigenvalue weighted by Gasteiger charge is 2.14. The molecule has 2 aromatic rings. The van der Waals surface area contributed by atoms with Crippen molar-refractivity contribution in [3.05, 3.63) is 60.2 Å². The van der Waals surface area contributed by atoms with Gasteiger partial charge in [0.15, 0.2) is 0 Å². The first-order valence-electron chi connectivity index (χ1n) is 6.79. The highest BCUT2D eigenvalue weighted by atomic mass is 16.5. The van der Waals surface area contributed by atoms with Crippen LogP contribution >= 0.6 is 0 Å². The summed E-state index contributed by atoms with van der Waals surface area (Å²) < 4.78 is 5.37. The maximum Gasteiger partial charge on any atom is 0.231 e. The van der Waals surface area contributed by atoms with Gasteiger partial charge in [0.25, 0.3) is 0 Å². The molecule has 0 bridgehead atoms. The molecule has 1 amide bonds. The van der Waals surface area contributed by atoms with Gasteiger partial charge in [-0.15, -0.1) is 0 Å². The summed E-state index contributed by atoms with van der Waals surface area (Å²) in [4.78, 5) is 12.2. The Kier molecular flexibility index (Phi) is 4.77. The third-order valence-electron chi connectivity index (χ3n) is 3.13. The molecule has 0 aliphatic carbocycles. The topological polar surface area (TPSA) is 38.3 Å². The maximum absolute atomic E-state index is 12.2. The normalized spacial score (nSPS) is 11.7. The van der Waals surface area contributed by atoms with Crippen molar-refractivity contribution < 1.29 is 9.53 Å². The van der Waals surface area contributed by atoms with Crippen LogP contribution in [0.1, 0.15) is 25.3 Å². The Morgan fingerprint density at radius 1 is 1.10 bits per heavy atom. The summed E-state index contributed by atoms with van der Waals surface area (Å²) in [5.41, 5.74) is 1.79.